The Balaban J connectivity index is 1.58. The maximum atomic E-state index is 13.1. The van der Waals surface area contributed by atoms with Gasteiger partial charge in [0.15, 0.2) is 0 Å². The molecular formula is C26H21BrN2O3. The molecule has 5 nitrogen and oxygen atoms in total. The minimum Gasteiger partial charge on any atom is -0.495 e. The summed E-state index contributed by atoms with van der Waals surface area (Å²) in [5, 5.41) is 7.67. The highest BCUT2D eigenvalue weighted by Crippen LogP contribution is 2.37. The van der Waals surface area contributed by atoms with E-state index in [0.717, 1.165) is 20.8 Å². The van der Waals surface area contributed by atoms with E-state index in [1.54, 1.807) is 36.4 Å². The minimum absolute atomic E-state index is 0.202. The maximum absolute atomic E-state index is 13.1. The number of hydrogen-bond acceptors (Lipinski definition) is 3. The third-order valence-electron chi connectivity index (χ3n) is 5.16. The Morgan fingerprint density at radius 1 is 0.781 bits per heavy atom. The number of ether oxygens (including phenoxy) is 1. The first kappa shape index (κ1) is 21.6. The van der Waals surface area contributed by atoms with Gasteiger partial charge in [-0.2, -0.15) is 0 Å². The van der Waals surface area contributed by atoms with Crippen molar-refractivity contribution in [3.8, 4) is 5.75 Å². The second-order valence-corrected chi connectivity index (χ2v) is 8.09. The summed E-state index contributed by atoms with van der Waals surface area (Å²) in [7, 11) is 1.54. The number of rotatable bonds is 5. The van der Waals surface area contributed by atoms with Gasteiger partial charge in [0.2, 0.25) is 0 Å². The van der Waals surface area contributed by atoms with Crippen molar-refractivity contribution in [2.24, 2.45) is 0 Å². The minimum atomic E-state index is -0.310. The van der Waals surface area contributed by atoms with Gasteiger partial charge in [-0.1, -0.05) is 48.5 Å². The molecule has 0 unspecified atom stereocenters. The molecule has 0 saturated carbocycles. The molecule has 2 amide bonds. The highest BCUT2D eigenvalue weighted by molar-refractivity contribution is 9.10. The lowest BCUT2D eigenvalue weighted by atomic mass is 10.0. The molecule has 0 spiro atoms. The summed E-state index contributed by atoms with van der Waals surface area (Å²) in [5.74, 6) is -0.0485. The van der Waals surface area contributed by atoms with Crippen LogP contribution in [0.5, 0.6) is 5.75 Å². The molecule has 0 aliphatic heterocycles. The summed E-state index contributed by atoms with van der Waals surface area (Å²) >= 11 is 3.56. The fourth-order valence-corrected chi connectivity index (χ4v) is 4.29. The summed E-state index contributed by atoms with van der Waals surface area (Å²) in [6.45, 7) is 1.89. The van der Waals surface area contributed by atoms with Crippen LogP contribution in [-0.4, -0.2) is 18.9 Å². The number of halogens is 1. The summed E-state index contributed by atoms with van der Waals surface area (Å²) < 4.78 is 6.24. The predicted octanol–water partition coefficient (Wildman–Crippen LogP) is 6.42. The molecule has 0 radical (unpaired) electrons. The molecule has 0 bridgehead atoms. The SMILES string of the molecule is COc1c(C(=O)Nc2cccc(NC(=O)c3ccccc3C)c2)cc2ccccc2c1Br. The molecule has 2 N–H and O–H groups in total. The third-order valence-corrected chi connectivity index (χ3v) is 5.95. The number of methoxy groups -OCH3 is 1. The summed E-state index contributed by atoms with van der Waals surface area (Å²) in [4.78, 5) is 25.7. The van der Waals surface area contributed by atoms with Crippen LogP contribution in [0.1, 0.15) is 26.3 Å². The summed E-state index contributed by atoms with van der Waals surface area (Å²) in [6, 6.07) is 24.0. The van der Waals surface area contributed by atoms with Crippen molar-refractivity contribution in [2.45, 2.75) is 6.92 Å². The molecule has 6 heteroatoms. The topological polar surface area (TPSA) is 67.4 Å². The van der Waals surface area contributed by atoms with Gasteiger partial charge in [0.25, 0.3) is 11.8 Å². The molecule has 32 heavy (non-hydrogen) atoms. The standard InChI is InChI=1S/C26H21BrN2O3/c1-16-8-3-5-12-20(16)25(30)28-18-10-7-11-19(15-18)29-26(31)22-14-17-9-4-6-13-21(17)23(27)24(22)32-2/h3-15H,1-2H3,(H,28,30)(H,29,31). The van der Waals surface area contributed by atoms with Gasteiger partial charge in [0.05, 0.1) is 17.1 Å². The Morgan fingerprint density at radius 3 is 2.09 bits per heavy atom. The molecule has 0 fully saturated rings. The largest absolute Gasteiger partial charge is 0.495 e. The molecule has 0 saturated heterocycles. The van der Waals surface area contributed by atoms with Gasteiger partial charge < -0.3 is 15.4 Å². The van der Waals surface area contributed by atoms with Crippen molar-refractivity contribution in [1.29, 1.82) is 0 Å². The fourth-order valence-electron chi connectivity index (χ4n) is 3.55. The highest BCUT2D eigenvalue weighted by Gasteiger charge is 2.18. The molecular weight excluding hydrogens is 468 g/mol. The Morgan fingerprint density at radius 2 is 1.41 bits per heavy atom. The van der Waals surface area contributed by atoms with Crippen molar-refractivity contribution in [2.75, 3.05) is 17.7 Å². The van der Waals surface area contributed by atoms with Crippen molar-refractivity contribution >= 4 is 49.9 Å². The van der Waals surface area contributed by atoms with Crippen LogP contribution in [0.2, 0.25) is 0 Å². The van der Waals surface area contributed by atoms with Gasteiger partial charge in [-0.15, -0.1) is 0 Å². The number of hydrogen-bond donors (Lipinski definition) is 2. The van der Waals surface area contributed by atoms with Crippen LogP contribution in [0.3, 0.4) is 0 Å². The second kappa shape index (κ2) is 9.24. The van der Waals surface area contributed by atoms with E-state index in [-0.39, 0.29) is 11.8 Å². The maximum Gasteiger partial charge on any atom is 0.259 e. The van der Waals surface area contributed by atoms with Gasteiger partial charge >= 0.3 is 0 Å². The quantitative estimate of drug-likeness (QED) is 0.340. The van der Waals surface area contributed by atoms with E-state index in [2.05, 4.69) is 26.6 Å². The van der Waals surface area contributed by atoms with Crippen LogP contribution in [0.25, 0.3) is 10.8 Å². The van der Waals surface area contributed by atoms with Crippen LogP contribution >= 0.6 is 15.9 Å². The fraction of sp³-hybridized carbons (Fsp3) is 0.0769. The number of nitrogens with one attached hydrogen (secondary N) is 2. The average molecular weight is 489 g/mol. The van der Waals surface area contributed by atoms with E-state index in [0.29, 0.717) is 28.3 Å². The average Bonchev–Trinajstić information content (AvgIpc) is 2.79. The van der Waals surface area contributed by atoms with Crippen LogP contribution in [0.4, 0.5) is 11.4 Å². The predicted molar refractivity (Wildman–Crippen MR) is 132 cm³/mol. The zero-order chi connectivity index (χ0) is 22.7. The number of carbonyl (C=O) groups excluding carboxylic acids is 2. The Kier molecular flexibility index (Phi) is 6.23. The second-order valence-electron chi connectivity index (χ2n) is 7.30. The molecule has 4 rings (SSSR count). The number of fused-ring (bicyclic) bond motifs is 1. The molecule has 160 valence electrons. The number of amides is 2. The first-order valence-electron chi connectivity index (χ1n) is 10.0. The number of aryl methyl sites for hydroxylation is 1. The lowest BCUT2D eigenvalue weighted by molar-refractivity contribution is 0.101. The Labute approximate surface area is 194 Å². The summed E-state index contributed by atoms with van der Waals surface area (Å²) in [5.41, 5.74) is 3.05. The number of benzene rings is 4. The summed E-state index contributed by atoms with van der Waals surface area (Å²) in [6.07, 6.45) is 0. The van der Waals surface area contributed by atoms with Crippen molar-refractivity contribution < 1.29 is 14.3 Å². The van der Waals surface area contributed by atoms with Crippen LogP contribution < -0.4 is 15.4 Å². The van der Waals surface area contributed by atoms with Gasteiger partial charge in [-0.3, -0.25) is 9.59 Å². The molecule has 0 aliphatic rings. The Bertz CT molecular complexity index is 1330. The molecule has 0 aliphatic carbocycles. The van der Waals surface area contributed by atoms with Gasteiger partial charge in [-0.05, 0) is 69.5 Å². The van der Waals surface area contributed by atoms with Crippen LogP contribution in [0.15, 0.2) is 83.3 Å². The smallest absolute Gasteiger partial charge is 0.259 e. The van der Waals surface area contributed by atoms with E-state index >= 15 is 0 Å². The van der Waals surface area contributed by atoms with E-state index in [1.807, 2.05) is 49.4 Å². The first-order chi connectivity index (χ1) is 15.5. The van der Waals surface area contributed by atoms with Gasteiger partial charge in [0.1, 0.15) is 5.75 Å². The highest BCUT2D eigenvalue weighted by atomic mass is 79.9. The van der Waals surface area contributed by atoms with Crippen molar-refractivity contribution in [3.05, 3.63) is 100 Å². The van der Waals surface area contributed by atoms with Gasteiger partial charge in [-0.25, -0.2) is 0 Å². The first-order valence-corrected chi connectivity index (χ1v) is 10.8. The molecule has 4 aromatic rings. The number of anilines is 2. The van der Waals surface area contributed by atoms with E-state index < -0.39 is 0 Å². The molecule has 0 heterocycles. The molecule has 4 aromatic carbocycles. The number of carbonyl (C=O) groups is 2. The monoisotopic (exact) mass is 488 g/mol. The van der Waals surface area contributed by atoms with E-state index in [1.165, 1.54) is 7.11 Å². The normalized spacial score (nSPS) is 10.6. The lowest BCUT2D eigenvalue weighted by Gasteiger charge is -2.14. The zero-order valence-electron chi connectivity index (χ0n) is 17.6. The molecule has 0 atom stereocenters. The van der Waals surface area contributed by atoms with Gasteiger partial charge in [0, 0.05) is 16.9 Å². The van der Waals surface area contributed by atoms with Crippen molar-refractivity contribution in [1.82, 2.24) is 0 Å². The van der Waals surface area contributed by atoms with Crippen LogP contribution in [-0.2, 0) is 0 Å². The van der Waals surface area contributed by atoms with Crippen LogP contribution in [0, 0.1) is 6.92 Å². The zero-order valence-corrected chi connectivity index (χ0v) is 19.2. The van der Waals surface area contributed by atoms with E-state index in [4.69, 9.17) is 4.74 Å². The van der Waals surface area contributed by atoms with E-state index in [9.17, 15) is 9.59 Å². The van der Waals surface area contributed by atoms with Crippen molar-refractivity contribution in [3.63, 3.8) is 0 Å². The molecule has 0 aromatic heterocycles. The lowest BCUT2D eigenvalue weighted by Crippen LogP contribution is -2.15. The third kappa shape index (κ3) is 4.36. The Hall–Kier alpha value is -3.64.